The maximum Gasteiger partial charge on any atom is 0.307 e. The number of carbonyl (C=O) groups is 1. The van der Waals surface area contributed by atoms with Crippen LogP contribution in [-0.2, 0) is 11.2 Å². The highest BCUT2D eigenvalue weighted by Crippen LogP contribution is 2.35. The van der Waals surface area contributed by atoms with Gasteiger partial charge in [-0.2, -0.15) is 5.26 Å². The summed E-state index contributed by atoms with van der Waals surface area (Å²) < 4.78 is 20.3. The van der Waals surface area contributed by atoms with Gasteiger partial charge in [0.15, 0.2) is 11.6 Å². The average molecular weight is 385 g/mol. The zero-order chi connectivity index (χ0) is 16.3. The van der Waals surface area contributed by atoms with Gasteiger partial charge in [0.1, 0.15) is 5.75 Å². The van der Waals surface area contributed by atoms with Crippen molar-refractivity contribution < 1.29 is 19.0 Å². The fourth-order valence-electron chi connectivity index (χ4n) is 1.77. The quantitative estimate of drug-likeness (QED) is 0.840. The van der Waals surface area contributed by atoms with E-state index in [1.54, 1.807) is 12.1 Å². The number of aliphatic carboxylic acids is 1. The van der Waals surface area contributed by atoms with Gasteiger partial charge < -0.3 is 9.84 Å². The Kier molecular flexibility index (Phi) is 5.01. The van der Waals surface area contributed by atoms with Gasteiger partial charge >= 0.3 is 5.97 Å². The third kappa shape index (κ3) is 3.75. The van der Waals surface area contributed by atoms with Crippen LogP contribution in [0, 0.1) is 17.1 Å². The lowest BCUT2D eigenvalue weighted by atomic mass is 10.1. The van der Waals surface area contributed by atoms with Gasteiger partial charge in [-0.3, -0.25) is 4.79 Å². The zero-order valence-electron chi connectivity index (χ0n) is 10.9. The van der Waals surface area contributed by atoms with Crippen LogP contribution in [0.1, 0.15) is 11.1 Å². The summed E-state index contributed by atoms with van der Waals surface area (Å²) in [5, 5.41) is 17.7. The second kappa shape index (κ2) is 6.77. The minimum atomic E-state index is -1.17. The van der Waals surface area contributed by atoms with Crippen molar-refractivity contribution in [1.29, 1.82) is 5.26 Å². The third-order valence-electron chi connectivity index (χ3n) is 2.69. The van der Waals surface area contributed by atoms with Gasteiger partial charge in [0.05, 0.1) is 23.1 Å². The molecule has 112 valence electrons. The number of hydrogen-bond acceptors (Lipinski definition) is 3. The number of benzene rings is 2. The smallest absolute Gasteiger partial charge is 0.307 e. The molecule has 7 heteroatoms. The molecule has 0 amide bonds. The molecule has 22 heavy (non-hydrogen) atoms. The summed E-state index contributed by atoms with van der Waals surface area (Å²) in [6.07, 6.45) is -0.485. The largest absolute Gasteiger partial charge is 0.481 e. The third-order valence-corrected chi connectivity index (χ3v) is 3.45. The van der Waals surface area contributed by atoms with Crippen molar-refractivity contribution in [3.8, 4) is 17.6 Å². The standard InChI is InChI=1S/C15H8BrClFNO3/c16-10-3-8(7-19)4-11(6-10)22-15-12(17)2-1-9(14(15)18)5-13(20)21/h1-4,6H,5H2,(H,20,21). The number of carboxylic acid groups (broad SMARTS) is 1. The van der Waals surface area contributed by atoms with Gasteiger partial charge in [0, 0.05) is 10.0 Å². The van der Waals surface area contributed by atoms with E-state index in [-0.39, 0.29) is 22.1 Å². The molecule has 2 aromatic carbocycles. The summed E-state index contributed by atoms with van der Waals surface area (Å²) in [7, 11) is 0. The summed E-state index contributed by atoms with van der Waals surface area (Å²) in [5.74, 6) is -2.07. The van der Waals surface area contributed by atoms with Crippen LogP contribution in [0.25, 0.3) is 0 Å². The minimum Gasteiger partial charge on any atom is -0.481 e. The van der Waals surface area contributed by atoms with E-state index in [9.17, 15) is 9.18 Å². The highest BCUT2D eigenvalue weighted by atomic mass is 79.9. The minimum absolute atomic E-state index is 0.00474. The van der Waals surface area contributed by atoms with Crippen LogP contribution < -0.4 is 4.74 Å². The van der Waals surface area contributed by atoms with Crippen molar-refractivity contribution in [2.75, 3.05) is 0 Å². The number of rotatable bonds is 4. The van der Waals surface area contributed by atoms with Crippen molar-refractivity contribution in [1.82, 2.24) is 0 Å². The maximum atomic E-state index is 14.3. The lowest BCUT2D eigenvalue weighted by Gasteiger charge is -2.11. The van der Waals surface area contributed by atoms with Gasteiger partial charge in [-0.25, -0.2) is 4.39 Å². The van der Waals surface area contributed by atoms with Crippen LogP contribution in [0.3, 0.4) is 0 Å². The molecule has 0 radical (unpaired) electrons. The Morgan fingerprint density at radius 1 is 1.41 bits per heavy atom. The van der Waals surface area contributed by atoms with E-state index in [0.29, 0.717) is 10.0 Å². The molecule has 2 aromatic rings. The zero-order valence-corrected chi connectivity index (χ0v) is 13.3. The van der Waals surface area contributed by atoms with E-state index in [4.69, 9.17) is 26.7 Å². The number of ether oxygens (including phenoxy) is 1. The maximum absolute atomic E-state index is 14.3. The van der Waals surface area contributed by atoms with Crippen LogP contribution in [0.5, 0.6) is 11.5 Å². The molecule has 0 saturated carbocycles. The van der Waals surface area contributed by atoms with E-state index >= 15 is 0 Å². The second-order valence-electron chi connectivity index (χ2n) is 4.31. The molecule has 0 aliphatic rings. The number of hydrogen-bond donors (Lipinski definition) is 1. The predicted octanol–water partition coefficient (Wildman–Crippen LogP) is 4.53. The molecule has 0 spiro atoms. The van der Waals surface area contributed by atoms with E-state index in [1.807, 2.05) is 6.07 Å². The fourth-order valence-corrected chi connectivity index (χ4v) is 2.43. The first-order valence-corrected chi connectivity index (χ1v) is 7.15. The topological polar surface area (TPSA) is 70.3 Å². The summed E-state index contributed by atoms with van der Waals surface area (Å²) in [5.41, 5.74) is 0.282. The van der Waals surface area contributed by atoms with E-state index in [2.05, 4.69) is 15.9 Å². The molecule has 0 bridgehead atoms. The van der Waals surface area contributed by atoms with E-state index in [1.165, 1.54) is 18.2 Å². The van der Waals surface area contributed by atoms with Crippen LogP contribution in [0.4, 0.5) is 4.39 Å². The molecule has 0 aliphatic carbocycles. The molecule has 2 rings (SSSR count). The normalized spacial score (nSPS) is 10.1. The Morgan fingerprint density at radius 3 is 2.77 bits per heavy atom. The number of halogens is 3. The highest BCUT2D eigenvalue weighted by Gasteiger charge is 2.17. The van der Waals surface area contributed by atoms with Crippen LogP contribution in [0.2, 0.25) is 5.02 Å². The molecule has 4 nitrogen and oxygen atoms in total. The Bertz CT molecular complexity index is 789. The molecule has 0 aromatic heterocycles. The van der Waals surface area contributed by atoms with Gasteiger partial charge in [-0.15, -0.1) is 0 Å². The molecule has 0 unspecified atom stereocenters. The highest BCUT2D eigenvalue weighted by molar-refractivity contribution is 9.10. The monoisotopic (exact) mass is 383 g/mol. The average Bonchev–Trinajstić information content (AvgIpc) is 2.45. The number of carboxylic acids is 1. The molecular weight excluding hydrogens is 377 g/mol. The lowest BCUT2D eigenvalue weighted by molar-refractivity contribution is -0.136. The predicted molar refractivity (Wildman–Crippen MR) is 81.7 cm³/mol. The summed E-state index contributed by atoms with van der Waals surface area (Å²) >= 11 is 9.13. The Labute approximate surface area is 138 Å². The van der Waals surface area contributed by atoms with Crippen LogP contribution in [0.15, 0.2) is 34.8 Å². The van der Waals surface area contributed by atoms with Crippen molar-refractivity contribution in [2.24, 2.45) is 0 Å². The van der Waals surface area contributed by atoms with Gasteiger partial charge in [-0.1, -0.05) is 33.6 Å². The summed E-state index contributed by atoms with van der Waals surface area (Å²) in [6, 6.07) is 9.14. The SMILES string of the molecule is N#Cc1cc(Br)cc(Oc2c(Cl)ccc(CC(=O)O)c2F)c1. The van der Waals surface area contributed by atoms with E-state index in [0.717, 1.165) is 0 Å². The van der Waals surface area contributed by atoms with Crippen molar-refractivity contribution in [3.63, 3.8) is 0 Å². The number of nitriles is 1. The van der Waals surface area contributed by atoms with Crippen LogP contribution in [-0.4, -0.2) is 11.1 Å². The van der Waals surface area contributed by atoms with Crippen molar-refractivity contribution >= 4 is 33.5 Å². The van der Waals surface area contributed by atoms with Crippen molar-refractivity contribution in [2.45, 2.75) is 6.42 Å². The van der Waals surface area contributed by atoms with Gasteiger partial charge in [0.25, 0.3) is 0 Å². The molecule has 0 atom stereocenters. The molecule has 1 N–H and O–H groups in total. The van der Waals surface area contributed by atoms with Gasteiger partial charge in [-0.05, 0) is 24.3 Å². The second-order valence-corrected chi connectivity index (χ2v) is 5.63. The molecule has 0 aliphatic heterocycles. The van der Waals surface area contributed by atoms with Crippen LogP contribution >= 0.6 is 27.5 Å². The molecule has 0 saturated heterocycles. The first-order chi connectivity index (χ1) is 10.4. The Balaban J connectivity index is 2.43. The lowest BCUT2D eigenvalue weighted by Crippen LogP contribution is -2.04. The Morgan fingerprint density at radius 2 is 2.14 bits per heavy atom. The first-order valence-electron chi connectivity index (χ1n) is 5.98. The number of nitrogens with zero attached hydrogens (tertiary/aromatic N) is 1. The Hall–Kier alpha value is -2.10. The summed E-state index contributed by atoms with van der Waals surface area (Å²) in [6.45, 7) is 0. The fraction of sp³-hybridized carbons (Fsp3) is 0.0667. The summed E-state index contributed by atoms with van der Waals surface area (Å²) in [4.78, 5) is 10.7. The van der Waals surface area contributed by atoms with E-state index < -0.39 is 18.2 Å². The van der Waals surface area contributed by atoms with Crippen molar-refractivity contribution in [3.05, 3.63) is 56.8 Å². The first kappa shape index (κ1) is 16.3. The molecule has 0 fully saturated rings. The molecule has 0 heterocycles. The molecular formula is C15H8BrClFNO3. The van der Waals surface area contributed by atoms with Gasteiger partial charge in [0.2, 0.25) is 0 Å².